The van der Waals surface area contributed by atoms with Gasteiger partial charge in [0.05, 0.1) is 4.47 Å². The third-order valence-corrected chi connectivity index (χ3v) is 3.51. The lowest BCUT2D eigenvalue weighted by Gasteiger charge is -2.09. The van der Waals surface area contributed by atoms with Gasteiger partial charge >= 0.3 is 12.1 Å². The number of aromatic nitrogens is 2. The summed E-state index contributed by atoms with van der Waals surface area (Å²) < 4.78 is 11.5. The zero-order valence-corrected chi connectivity index (χ0v) is 14.6. The number of carbonyl (C=O) groups is 1. The number of benzene rings is 2. The molecule has 0 spiro atoms. The molecule has 0 radical (unpaired) electrons. The molecule has 1 heterocycles. The molecule has 0 unspecified atom stereocenters. The molecule has 0 saturated heterocycles. The van der Waals surface area contributed by atoms with Gasteiger partial charge in [0.15, 0.2) is 0 Å². The van der Waals surface area contributed by atoms with Crippen LogP contribution in [0.3, 0.4) is 0 Å². The van der Waals surface area contributed by atoms with E-state index < -0.39 is 6.09 Å². The largest absolute Gasteiger partial charge is 0.444 e. The SMILES string of the molecule is O=C(Nc1cccc(Oc2ncc(Br)cn2)c1)OCc1ccccc1. The Morgan fingerprint density at radius 3 is 2.56 bits per heavy atom. The standard InChI is InChI=1S/C18H14BrN3O3/c19-14-10-20-17(21-11-14)25-16-8-4-7-15(9-16)22-18(23)24-12-13-5-2-1-3-6-13/h1-11H,12H2,(H,22,23). The Labute approximate surface area is 153 Å². The topological polar surface area (TPSA) is 73.3 Å². The number of nitrogens with zero attached hydrogens (tertiary/aromatic N) is 2. The highest BCUT2D eigenvalue weighted by Gasteiger charge is 2.06. The Morgan fingerprint density at radius 1 is 1.04 bits per heavy atom. The van der Waals surface area contributed by atoms with Gasteiger partial charge in [0, 0.05) is 24.1 Å². The molecular formula is C18H14BrN3O3. The summed E-state index contributed by atoms with van der Waals surface area (Å²) in [5.41, 5.74) is 1.47. The maximum Gasteiger partial charge on any atom is 0.411 e. The molecule has 0 atom stereocenters. The Kier molecular flexibility index (Phi) is 5.58. The highest BCUT2D eigenvalue weighted by molar-refractivity contribution is 9.10. The molecule has 0 aliphatic heterocycles. The number of hydrogen-bond acceptors (Lipinski definition) is 5. The Hall–Kier alpha value is -2.93. The van der Waals surface area contributed by atoms with Gasteiger partial charge in [-0.15, -0.1) is 0 Å². The van der Waals surface area contributed by atoms with Gasteiger partial charge in [-0.05, 0) is 33.6 Å². The summed E-state index contributed by atoms with van der Waals surface area (Å²) in [5.74, 6) is 0.503. The molecule has 6 nitrogen and oxygen atoms in total. The van der Waals surface area contributed by atoms with Crippen molar-refractivity contribution in [1.29, 1.82) is 0 Å². The zero-order valence-electron chi connectivity index (χ0n) is 13.1. The first-order chi connectivity index (χ1) is 12.2. The molecule has 25 heavy (non-hydrogen) atoms. The fraction of sp³-hybridized carbons (Fsp3) is 0.0556. The molecule has 0 aliphatic rings. The molecule has 1 aromatic heterocycles. The average Bonchev–Trinajstić information content (AvgIpc) is 2.63. The van der Waals surface area contributed by atoms with E-state index in [1.54, 1.807) is 36.7 Å². The lowest BCUT2D eigenvalue weighted by atomic mass is 10.2. The number of hydrogen-bond donors (Lipinski definition) is 1. The van der Waals surface area contributed by atoms with E-state index in [4.69, 9.17) is 9.47 Å². The fourth-order valence-corrected chi connectivity index (χ4v) is 2.18. The molecule has 1 N–H and O–H groups in total. The highest BCUT2D eigenvalue weighted by atomic mass is 79.9. The molecule has 126 valence electrons. The van der Waals surface area contributed by atoms with Crippen molar-refractivity contribution in [3.05, 3.63) is 77.0 Å². The smallest absolute Gasteiger partial charge is 0.411 e. The van der Waals surface area contributed by atoms with Gasteiger partial charge in [-0.3, -0.25) is 5.32 Å². The van der Waals surface area contributed by atoms with Crippen molar-refractivity contribution in [3.63, 3.8) is 0 Å². The Morgan fingerprint density at radius 2 is 1.80 bits per heavy atom. The first-order valence-electron chi connectivity index (χ1n) is 7.42. The van der Waals surface area contributed by atoms with Crippen LogP contribution in [0.25, 0.3) is 0 Å². The maximum atomic E-state index is 11.9. The predicted octanol–water partition coefficient (Wildman–Crippen LogP) is 4.78. The minimum absolute atomic E-state index is 0.204. The van der Waals surface area contributed by atoms with E-state index in [1.165, 1.54) is 0 Å². The summed E-state index contributed by atoms with van der Waals surface area (Å²) in [4.78, 5) is 20.0. The van der Waals surface area contributed by atoms with E-state index in [2.05, 4.69) is 31.2 Å². The predicted molar refractivity (Wildman–Crippen MR) is 96.5 cm³/mol. The lowest BCUT2D eigenvalue weighted by molar-refractivity contribution is 0.155. The minimum atomic E-state index is -0.541. The first kappa shape index (κ1) is 16.9. The van der Waals surface area contributed by atoms with Gasteiger partial charge in [0.25, 0.3) is 0 Å². The van der Waals surface area contributed by atoms with Crippen molar-refractivity contribution in [2.24, 2.45) is 0 Å². The monoisotopic (exact) mass is 399 g/mol. The van der Waals surface area contributed by atoms with Gasteiger partial charge in [-0.2, -0.15) is 0 Å². The van der Waals surface area contributed by atoms with E-state index in [9.17, 15) is 4.79 Å². The van der Waals surface area contributed by atoms with Crippen LogP contribution in [-0.2, 0) is 11.3 Å². The maximum absolute atomic E-state index is 11.9. The van der Waals surface area contributed by atoms with Crippen LogP contribution in [-0.4, -0.2) is 16.1 Å². The third-order valence-electron chi connectivity index (χ3n) is 3.10. The van der Waals surface area contributed by atoms with E-state index in [-0.39, 0.29) is 12.6 Å². The normalized spacial score (nSPS) is 10.1. The van der Waals surface area contributed by atoms with Crippen LogP contribution in [0.5, 0.6) is 11.8 Å². The zero-order chi connectivity index (χ0) is 17.5. The van der Waals surface area contributed by atoms with Gasteiger partial charge in [0.1, 0.15) is 12.4 Å². The van der Waals surface area contributed by atoms with Crippen molar-refractivity contribution >= 4 is 27.7 Å². The van der Waals surface area contributed by atoms with E-state index in [0.717, 1.165) is 10.0 Å². The number of halogens is 1. The number of ether oxygens (including phenoxy) is 2. The number of carbonyl (C=O) groups excluding carboxylic acids is 1. The number of rotatable bonds is 5. The fourth-order valence-electron chi connectivity index (χ4n) is 1.97. The van der Waals surface area contributed by atoms with Crippen LogP contribution in [0.15, 0.2) is 71.5 Å². The molecule has 1 amide bonds. The third kappa shape index (κ3) is 5.29. The summed E-state index contributed by atoms with van der Waals surface area (Å²) in [6.07, 6.45) is 2.64. The second-order valence-corrected chi connectivity index (χ2v) is 5.92. The second-order valence-electron chi connectivity index (χ2n) is 5.00. The van der Waals surface area contributed by atoms with Gasteiger partial charge in [0.2, 0.25) is 0 Å². The summed E-state index contributed by atoms with van der Waals surface area (Å²) >= 11 is 3.26. The summed E-state index contributed by atoms with van der Waals surface area (Å²) in [6.45, 7) is 0.204. The molecule has 3 aromatic rings. The number of anilines is 1. The number of amides is 1. The lowest BCUT2D eigenvalue weighted by Crippen LogP contribution is -2.13. The van der Waals surface area contributed by atoms with Crippen LogP contribution in [0, 0.1) is 0 Å². The molecule has 0 fully saturated rings. The van der Waals surface area contributed by atoms with E-state index in [1.807, 2.05) is 30.3 Å². The molecular weight excluding hydrogens is 386 g/mol. The molecule has 3 rings (SSSR count). The van der Waals surface area contributed by atoms with Gasteiger partial charge in [-0.25, -0.2) is 14.8 Å². The highest BCUT2D eigenvalue weighted by Crippen LogP contribution is 2.22. The number of nitrogens with one attached hydrogen (secondary N) is 1. The van der Waals surface area contributed by atoms with E-state index >= 15 is 0 Å². The summed E-state index contributed by atoms with van der Waals surface area (Å²) in [5, 5.41) is 2.66. The minimum Gasteiger partial charge on any atom is -0.444 e. The van der Waals surface area contributed by atoms with Gasteiger partial charge < -0.3 is 9.47 Å². The summed E-state index contributed by atoms with van der Waals surface area (Å²) in [7, 11) is 0. The molecule has 0 saturated carbocycles. The Balaban J connectivity index is 1.57. The first-order valence-corrected chi connectivity index (χ1v) is 8.21. The van der Waals surface area contributed by atoms with Crippen LogP contribution < -0.4 is 10.1 Å². The van der Waals surface area contributed by atoms with Crippen molar-refractivity contribution < 1.29 is 14.3 Å². The molecule has 7 heteroatoms. The van der Waals surface area contributed by atoms with Crippen LogP contribution >= 0.6 is 15.9 Å². The Bertz CT molecular complexity index is 842. The van der Waals surface area contributed by atoms with Crippen molar-refractivity contribution in [2.75, 3.05) is 5.32 Å². The van der Waals surface area contributed by atoms with Crippen molar-refractivity contribution in [2.45, 2.75) is 6.61 Å². The van der Waals surface area contributed by atoms with E-state index in [0.29, 0.717) is 11.4 Å². The van der Waals surface area contributed by atoms with Crippen LogP contribution in [0.4, 0.5) is 10.5 Å². The van der Waals surface area contributed by atoms with Crippen molar-refractivity contribution in [3.8, 4) is 11.8 Å². The molecule has 0 aliphatic carbocycles. The average molecular weight is 400 g/mol. The summed E-state index contributed by atoms with van der Waals surface area (Å²) in [6, 6.07) is 16.6. The second kappa shape index (κ2) is 8.25. The van der Waals surface area contributed by atoms with Crippen LogP contribution in [0.1, 0.15) is 5.56 Å². The molecule has 0 bridgehead atoms. The quantitative estimate of drug-likeness (QED) is 0.667. The van der Waals surface area contributed by atoms with Gasteiger partial charge in [-0.1, -0.05) is 36.4 Å². The molecule has 2 aromatic carbocycles. The van der Waals surface area contributed by atoms with Crippen molar-refractivity contribution in [1.82, 2.24) is 9.97 Å². The van der Waals surface area contributed by atoms with Crippen LogP contribution in [0.2, 0.25) is 0 Å².